The number of rotatable bonds is 7. The van der Waals surface area contributed by atoms with Crippen molar-refractivity contribution in [3.05, 3.63) is 41.7 Å². The molecule has 25 heavy (non-hydrogen) atoms. The van der Waals surface area contributed by atoms with E-state index < -0.39 is 0 Å². The van der Waals surface area contributed by atoms with Crippen molar-refractivity contribution in [1.29, 1.82) is 0 Å². The van der Waals surface area contributed by atoms with E-state index in [9.17, 15) is 4.79 Å². The highest BCUT2D eigenvalue weighted by Gasteiger charge is 2.23. The number of nitrogens with one attached hydrogen (secondary N) is 2. The van der Waals surface area contributed by atoms with E-state index in [0.717, 1.165) is 55.5 Å². The van der Waals surface area contributed by atoms with Gasteiger partial charge in [0.2, 0.25) is 0 Å². The first-order chi connectivity index (χ1) is 12.3. The molecule has 0 atom stereocenters. The van der Waals surface area contributed by atoms with Crippen LogP contribution in [0, 0.1) is 5.92 Å². The number of hydrogen-bond acceptors (Lipinski definition) is 5. The fraction of sp³-hybridized carbons (Fsp3) is 0.500. The maximum atomic E-state index is 12.7. The number of piperidine rings is 1. The monoisotopic (exact) mass is 359 g/mol. The number of aromatic nitrogens is 3. The van der Waals surface area contributed by atoms with Gasteiger partial charge in [0.25, 0.3) is 5.91 Å². The van der Waals surface area contributed by atoms with Crippen molar-refractivity contribution >= 4 is 17.7 Å². The SMILES string of the molecule is CCNCC1CCN(C(=O)c2ccc(CSc3ncn[nH]3)cc2)CC1. The summed E-state index contributed by atoms with van der Waals surface area (Å²) in [6.07, 6.45) is 3.68. The van der Waals surface area contributed by atoms with E-state index in [4.69, 9.17) is 0 Å². The number of H-pyrrole nitrogens is 1. The molecule has 1 aliphatic heterocycles. The van der Waals surface area contributed by atoms with Gasteiger partial charge < -0.3 is 10.2 Å². The summed E-state index contributed by atoms with van der Waals surface area (Å²) in [6.45, 7) is 5.93. The molecule has 0 spiro atoms. The normalized spacial score (nSPS) is 15.5. The topological polar surface area (TPSA) is 73.9 Å². The molecule has 0 bridgehead atoms. The molecule has 1 aromatic carbocycles. The van der Waals surface area contributed by atoms with E-state index in [1.807, 2.05) is 29.2 Å². The lowest BCUT2D eigenvalue weighted by Crippen LogP contribution is -2.40. The Morgan fingerprint density at radius 3 is 2.72 bits per heavy atom. The number of benzene rings is 1. The van der Waals surface area contributed by atoms with Crippen LogP contribution >= 0.6 is 11.8 Å². The van der Waals surface area contributed by atoms with Gasteiger partial charge in [0, 0.05) is 24.4 Å². The van der Waals surface area contributed by atoms with Crippen molar-refractivity contribution < 1.29 is 4.79 Å². The highest BCUT2D eigenvalue weighted by atomic mass is 32.2. The van der Waals surface area contributed by atoms with Gasteiger partial charge >= 0.3 is 0 Å². The highest BCUT2D eigenvalue weighted by molar-refractivity contribution is 7.98. The summed E-state index contributed by atoms with van der Waals surface area (Å²) in [7, 11) is 0. The van der Waals surface area contributed by atoms with Crippen molar-refractivity contribution in [3.63, 3.8) is 0 Å². The first-order valence-electron chi connectivity index (χ1n) is 8.83. The van der Waals surface area contributed by atoms with Crippen LogP contribution in [-0.4, -0.2) is 52.2 Å². The molecule has 2 heterocycles. The van der Waals surface area contributed by atoms with Gasteiger partial charge in [-0.25, -0.2) is 4.98 Å². The van der Waals surface area contributed by atoms with Gasteiger partial charge in [0.1, 0.15) is 6.33 Å². The lowest BCUT2D eigenvalue weighted by atomic mass is 9.96. The Hall–Kier alpha value is -1.86. The molecule has 1 amide bonds. The van der Waals surface area contributed by atoms with Crippen molar-refractivity contribution in [2.45, 2.75) is 30.7 Å². The van der Waals surface area contributed by atoms with Crippen molar-refractivity contribution in [2.75, 3.05) is 26.2 Å². The summed E-state index contributed by atoms with van der Waals surface area (Å²) < 4.78 is 0. The summed E-state index contributed by atoms with van der Waals surface area (Å²) in [4.78, 5) is 18.7. The van der Waals surface area contributed by atoms with Crippen LogP contribution in [0.15, 0.2) is 35.7 Å². The zero-order valence-electron chi connectivity index (χ0n) is 14.6. The Labute approximate surface area is 152 Å². The van der Waals surface area contributed by atoms with Gasteiger partial charge in [-0.3, -0.25) is 9.89 Å². The number of nitrogens with zero attached hydrogens (tertiary/aromatic N) is 3. The van der Waals surface area contributed by atoms with Crippen LogP contribution < -0.4 is 5.32 Å². The number of likely N-dealkylation sites (tertiary alicyclic amines) is 1. The van der Waals surface area contributed by atoms with Gasteiger partial charge in [-0.05, 0) is 49.5 Å². The molecule has 1 fully saturated rings. The maximum Gasteiger partial charge on any atom is 0.253 e. The van der Waals surface area contributed by atoms with Crippen LogP contribution in [0.4, 0.5) is 0 Å². The Morgan fingerprint density at radius 2 is 2.08 bits per heavy atom. The number of aromatic amines is 1. The average molecular weight is 359 g/mol. The second kappa shape index (κ2) is 9.01. The van der Waals surface area contributed by atoms with Crippen LogP contribution in [0.3, 0.4) is 0 Å². The van der Waals surface area contributed by atoms with E-state index in [-0.39, 0.29) is 5.91 Å². The van der Waals surface area contributed by atoms with Crippen LogP contribution in [0.2, 0.25) is 0 Å². The third kappa shape index (κ3) is 5.06. The van der Waals surface area contributed by atoms with Crippen molar-refractivity contribution in [1.82, 2.24) is 25.4 Å². The third-order valence-corrected chi connectivity index (χ3v) is 5.50. The van der Waals surface area contributed by atoms with Gasteiger partial charge in [-0.2, -0.15) is 5.10 Å². The summed E-state index contributed by atoms with van der Waals surface area (Å²) in [5, 5.41) is 10.9. The Kier molecular flexibility index (Phi) is 6.47. The van der Waals surface area contributed by atoms with Crippen LogP contribution in [0.25, 0.3) is 0 Å². The van der Waals surface area contributed by atoms with Crippen molar-refractivity contribution in [2.24, 2.45) is 5.92 Å². The van der Waals surface area contributed by atoms with Gasteiger partial charge in [-0.15, -0.1) is 0 Å². The molecule has 0 radical (unpaired) electrons. The minimum Gasteiger partial charge on any atom is -0.339 e. The summed E-state index contributed by atoms with van der Waals surface area (Å²) in [5.74, 6) is 1.65. The van der Waals surface area contributed by atoms with E-state index >= 15 is 0 Å². The molecule has 0 unspecified atom stereocenters. The molecule has 1 aromatic heterocycles. The molecule has 134 valence electrons. The predicted octanol–water partition coefficient (Wildman–Crippen LogP) is 2.56. The second-order valence-electron chi connectivity index (χ2n) is 6.32. The van der Waals surface area contributed by atoms with Gasteiger partial charge in [0.15, 0.2) is 5.16 Å². The Morgan fingerprint density at radius 1 is 1.32 bits per heavy atom. The van der Waals surface area contributed by atoms with Gasteiger partial charge in [0.05, 0.1) is 0 Å². The number of hydrogen-bond donors (Lipinski definition) is 2. The zero-order valence-corrected chi connectivity index (χ0v) is 15.4. The standard InChI is InChI=1S/C18H25N5OS/c1-2-19-11-14-7-9-23(10-8-14)17(24)16-5-3-15(4-6-16)12-25-18-20-13-21-22-18/h3-6,13-14,19H,2,7-12H2,1H3,(H,20,21,22). The lowest BCUT2D eigenvalue weighted by Gasteiger charge is -2.32. The number of thioether (sulfide) groups is 1. The largest absolute Gasteiger partial charge is 0.339 e. The van der Waals surface area contributed by atoms with Crippen LogP contribution in [-0.2, 0) is 5.75 Å². The molecular weight excluding hydrogens is 334 g/mol. The summed E-state index contributed by atoms with van der Waals surface area (Å²) in [5.41, 5.74) is 1.95. The second-order valence-corrected chi connectivity index (χ2v) is 7.28. The fourth-order valence-corrected chi connectivity index (χ4v) is 3.77. The molecule has 0 saturated carbocycles. The van der Waals surface area contributed by atoms with Crippen LogP contribution in [0.5, 0.6) is 0 Å². The molecule has 6 nitrogen and oxygen atoms in total. The number of carbonyl (C=O) groups excluding carboxylic acids is 1. The lowest BCUT2D eigenvalue weighted by molar-refractivity contribution is 0.0690. The molecule has 1 aliphatic rings. The fourth-order valence-electron chi connectivity index (χ4n) is 3.03. The zero-order chi connectivity index (χ0) is 17.5. The highest BCUT2D eigenvalue weighted by Crippen LogP contribution is 2.21. The van der Waals surface area contributed by atoms with E-state index in [1.165, 1.54) is 11.9 Å². The van der Waals surface area contributed by atoms with Crippen LogP contribution in [0.1, 0.15) is 35.7 Å². The molecule has 0 aliphatic carbocycles. The number of carbonyl (C=O) groups is 1. The molecule has 1 saturated heterocycles. The smallest absolute Gasteiger partial charge is 0.253 e. The molecule has 7 heteroatoms. The summed E-state index contributed by atoms with van der Waals surface area (Å²) >= 11 is 1.60. The quantitative estimate of drug-likeness (QED) is 0.743. The first kappa shape index (κ1) is 17.9. The van der Waals surface area contributed by atoms with E-state index in [1.54, 1.807) is 11.8 Å². The Balaban J connectivity index is 1.49. The van der Waals surface area contributed by atoms with E-state index in [2.05, 4.69) is 27.4 Å². The average Bonchev–Trinajstić information content (AvgIpc) is 3.19. The summed E-state index contributed by atoms with van der Waals surface area (Å²) in [6, 6.07) is 7.91. The maximum absolute atomic E-state index is 12.7. The molecule has 2 N–H and O–H groups in total. The predicted molar refractivity (Wildman–Crippen MR) is 99.6 cm³/mol. The number of amides is 1. The Bertz CT molecular complexity index is 651. The third-order valence-electron chi connectivity index (χ3n) is 4.55. The van der Waals surface area contributed by atoms with Gasteiger partial charge in [-0.1, -0.05) is 30.8 Å². The minimum absolute atomic E-state index is 0.149. The van der Waals surface area contributed by atoms with E-state index in [0.29, 0.717) is 5.92 Å². The molecule has 3 rings (SSSR count). The molecule has 2 aromatic rings. The first-order valence-corrected chi connectivity index (χ1v) is 9.82. The minimum atomic E-state index is 0.149. The van der Waals surface area contributed by atoms with Crippen molar-refractivity contribution in [3.8, 4) is 0 Å². The molecular formula is C18H25N5OS.